The Morgan fingerprint density at radius 1 is 1.11 bits per heavy atom. The van der Waals surface area contributed by atoms with E-state index in [9.17, 15) is 9.59 Å². The first kappa shape index (κ1) is 12.8. The number of hydrogen-bond donors (Lipinski definition) is 0. The zero-order valence-corrected chi connectivity index (χ0v) is 12.8. The zero-order chi connectivity index (χ0) is 13.6. The van der Waals surface area contributed by atoms with Gasteiger partial charge in [0.05, 0.1) is 17.5 Å². The van der Waals surface area contributed by atoms with Gasteiger partial charge in [-0.25, -0.2) is 4.90 Å². The second kappa shape index (κ2) is 4.74. The highest BCUT2D eigenvalue weighted by Crippen LogP contribution is 2.38. The minimum Gasteiger partial charge on any atom is -0.274 e. The summed E-state index contributed by atoms with van der Waals surface area (Å²) in [6.07, 6.45) is 5.40. The number of carbonyl (C=O) groups excluding carboxylic acids is 2. The second-order valence-corrected chi connectivity index (χ2v) is 6.34. The molecule has 19 heavy (non-hydrogen) atoms. The summed E-state index contributed by atoms with van der Waals surface area (Å²) >= 11 is 2.20. The van der Waals surface area contributed by atoms with Crippen molar-refractivity contribution in [3.05, 3.63) is 39.5 Å². The van der Waals surface area contributed by atoms with Crippen LogP contribution in [0.3, 0.4) is 0 Å². The largest absolute Gasteiger partial charge is 0.274 e. The van der Waals surface area contributed by atoms with Crippen LogP contribution in [-0.2, 0) is 9.59 Å². The van der Waals surface area contributed by atoms with Crippen LogP contribution in [-0.4, -0.2) is 11.8 Å². The fourth-order valence-corrected chi connectivity index (χ4v) is 3.34. The fourth-order valence-electron chi connectivity index (χ4n) is 2.86. The van der Waals surface area contributed by atoms with Crippen molar-refractivity contribution in [3.8, 4) is 0 Å². The summed E-state index contributed by atoms with van der Waals surface area (Å²) in [6, 6.07) is 5.85. The SMILES string of the molecule is Cc1ccc(I)cc1N1C(=O)C2CC=CCC2C1=O. The lowest BCUT2D eigenvalue weighted by Crippen LogP contribution is -2.31. The van der Waals surface area contributed by atoms with Gasteiger partial charge in [0, 0.05) is 3.57 Å². The molecular formula is C15H14INO2. The molecule has 0 spiro atoms. The molecule has 1 saturated heterocycles. The fraction of sp³-hybridized carbons (Fsp3) is 0.333. The molecule has 0 bridgehead atoms. The molecule has 0 radical (unpaired) electrons. The van der Waals surface area contributed by atoms with Crippen molar-refractivity contribution in [2.45, 2.75) is 19.8 Å². The van der Waals surface area contributed by atoms with Crippen molar-refractivity contribution in [2.24, 2.45) is 11.8 Å². The van der Waals surface area contributed by atoms with Crippen molar-refractivity contribution >= 4 is 40.1 Å². The van der Waals surface area contributed by atoms with Gasteiger partial charge in [0.25, 0.3) is 0 Å². The maximum Gasteiger partial charge on any atom is 0.238 e. The van der Waals surface area contributed by atoms with Crippen LogP contribution in [0.1, 0.15) is 18.4 Å². The minimum absolute atomic E-state index is 0.0375. The normalized spacial score (nSPS) is 25.9. The van der Waals surface area contributed by atoms with Gasteiger partial charge in [-0.15, -0.1) is 0 Å². The Morgan fingerprint density at radius 2 is 1.68 bits per heavy atom. The topological polar surface area (TPSA) is 37.4 Å². The van der Waals surface area contributed by atoms with Crippen LogP contribution in [0.25, 0.3) is 0 Å². The van der Waals surface area contributed by atoms with Gasteiger partial charge in [0.1, 0.15) is 0 Å². The first-order valence-corrected chi connectivity index (χ1v) is 7.46. The number of halogens is 1. The summed E-state index contributed by atoms with van der Waals surface area (Å²) in [5, 5.41) is 0. The first-order chi connectivity index (χ1) is 9.09. The number of amides is 2. The monoisotopic (exact) mass is 367 g/mol. The Hall–Kier alpha value is -1.17. The lowest BCUT2D eigenvalue weighted by molar-refractivity contribution is -0.122. The Labute approximate surface area is 125 Å². The number of fused-ring (bicyclic) bond motifs is 1. The van der Waals surface area contributed by atoms with Crippen LogP contribution < -0.4 is 4.90 Å². The molecule has 3 nitrogen and oxygen atoms in total. The Morgan fingerprint density at radius 3 is 2.26 bits per heavy atom. The molecule has 4 heteroatoms. The first-order valence-electron chi connectivity index (χ1n) is 6.38. The van der Waals surface area contributed by atoms with E-state index in [1.54, 1.807) is 0 Å². The van der Waals surface area contributed by atoms with E-state index in [0.717, 1.165) is 14.8 Å². The Kier molecular flexibility index (Phi) is 3.20. The quantitative estimate of drug-likeness (QED) is 0.435. The van der Waals surface area contributed by atoms with Gasteiger partial charge in [-0.2, -0.15) is 0 Å². The third-order valence-electron chi connectivity index (χ3n) is 3.92. The Balaban J connectivity index is 2.04. The van der Waals surface area contributed by atoms with E-state index in [0.29, 0.717) is 12.8 Å². The molecule has 3 rings (SSSR count). The summed E-state index contributed by atoms with van der Waals surface area (Å²) < 4.78 is 1.03. The summed E-state index contributed by atoms with van der Waals surface area (Å²) in [5.74, 6) is -0.390. The summed E-state index contributed by atoms with van der Waals surface area (Å²) in [6.45, 7) is 1.94. The van der Waals surface area contributed by atoms with Gasteiger partial charge < -0.3 is 0 Å². The van der Waals surface area contributed by atoms with Gasteiger partial charge in [-0.1, -0.05) is 18.2 Å². The van der Waals surface area contributed by atoms with Crippen molar-refractivity contribution in [3.63, 3.8) is 0 Å². The van der Waals surface area contributed by atoms with Gasteiger partial charge in [-0.3, -0.25) is 9.59 Å². The molecule has 1 aromatic carbocycles. The van der Waals surface area contributed by atoms with E-state index < -0.39 is 0 Å². The number of carbonyl (C=O) groups is 2. The van der Waals surface area contributed by atoms with E-state index in [-0.39, 0.29) is 23.7 Å². The summed E-state index contributed by atoms with van der Waals surface area (Å²) in [7, 11) is 0. The predicted molar refractivity (Wildman–Crippen MR) is 81.7 cm³/mol. The van der Waals surface area contributed by atoms with Crippen LogP contribution >= 0.6 is 22.6 Å². The van der Waals surface area contributed by atoms with Gasteiger partial charge >= 0.3 is 0 Å². The molecule has 2 amide bonds. The van der Waals surface area contributed by atoms with Crippen molar-refractivity contribution in [2.75, 3.05) is 4.90 Å². The number of anilines is 1. The van der Waals surface area contributed by atoms with Gasteiger partial charge in [-0.05, 0) is 60.1 Å². The molecule has 0 N–H and O–H groups in total. The third-order valence-corrected chi connectivity index (χ3v) is 4.59. The van der Waals surface area contributed by atoms with Crippen molar-refractivity contribution in [1.29, 1.82) is 0 Å². The number of hydrogen-bond acceptors (Lipinski definition) is 2. The molecule has 2 aliphatic rings. The predicted octanol–water partition coefficient (Wildman–Crippen LogP) is 3.06. The second-order valence-electron chi connectivity index (χ2n) is 5.10. The molecule has 2 unspecified atom stereocenters. The maximum atomic E-state index is 12.5. The highest BCUT2D eigenvalue weighted by Gasteiger charge is 2.48. The van der Waals surface area contributed by atoms with E-state index in [4.69, 9.17) is 0 Å². The van der Waals surface area contributed by atoms with Gasteiger partial charge in [0.2, 0.25) is 11.8 Å². The lowest BCUT2D eigenvalue weighted by atomic mass is 9.85. The van der Waals surface area contributed by atoms with E-state index in [1.807, 2.05) is 37.3 Å². The van der Waals surface area contributed by atoms with Crippen LogP contribution in [0, 0.1) is 22.3 Å². The maximum absolute atomic E-state index is 12.5. The molecule has 1 fully saturated rings. The number of rotatable bonds is 1. The van der Waals surface area contributed by atoms with Crippen LogP contribution in [0.4, 0.5) is 5.69 Å². The highest BCUT2D eigenvalue weighted by molar-refractivity contribution is 14.1. The number of imide groups is 1. The van der Waals surface area contributed by atoms with Crippen molar-refractivity contribution < 1.29 is 9.59 Å². The molecule has 0 saturated carbocycles. The molecule has 1 aliphatic carbocycles. The number of benzene rings is 1. The van der Waals surface area contributed by atoms with E-state index in [2.05, 4.69) is 22.6 Å². The van der Waals surface area contributed by atoms with E-state index in [1.165, 1.54) is 4.90 Å². The number of nitrogens with zero attached hydrogens (tertiary/aromatic N) is 1. The lowest BCUT2D eigenvalue weighted by Gasteiger charge is -2.17. The van der Waals surface area contributed by atoms with Gasteiger partial charge in [0.15, 0.2) is 0 Å². The molecule has 1 aliphatic heterocycles. The number of aryl methyl sites for hydroxylation is 1. The van der Waals surface area contributed by atoms with Crippen LogP contribution in [0.5, 0.6) is 0 Å². The average molecular weight is 367 g/mol. The molecule has 2 atom stereocenters. The molecule has 0 aromatic heterocycles. The van der Waals surface area contributed by atoms with E-state index >= 15 is 0 Å². The summed E-state index contributed by atoms with van der Waals surface area (Å²) in [4.78, 5) is 26.4. The Bertz CT molecular complexity index is 568. The standard InChI is InChI=1S/C15H14INO2/c1-9-6-7-10(16)8-13(9)17-14(18)11-4-2-3-5-12(11)15(17)19/h2-3,6-8,11-12H,4-5H2,1H3. The molecule has 1 heterocycles. The zero-order valence-electron chi connectivity index (χ0n) is 10.6. The molecular weight excluding hydrogens is 353 g/mol. The average Bonchev–Trinajstić information content (AvgIpc) is 2.66. The molecule has 98 valence electrons. The molecule has 1 aromatic rings. The minimum atomic E-state index is -0.158. The highest BCUT2D eigenvalue weighted by atomic mass is 127. The van der Waals surface area contributed by atoms with Crippen LogP contribution in [0.15, 0.2) is 30.4 Å². The number of allylic oxidation sites excluding steroid dienone is 2. The van der Waals surface area contributed by atoms with Crippen LogP contribution in [0.2, 0.25) is 0 Å². The van der Waals surface area contributed by atoms with Crippen molar-refractivity contribution in [1.82, 2.24) is 0 Å². The smallest absolute Gasteiger partial charge is 0.238 e. The summed E-state index contributed by atoms with van der Waals surface area (Å²) in [5.41, 5.74) is 1.71. The third kappa shape index (κ3) is 2.02.